The Kier molecular flexibility index (Phi) is 2.15. The van der Waals surface area contributed by atoms with Gasteiger partial charge in [0, 0.05) is 17.8 Å². The molecule has 2 aliphatic carbocycles. The molecule has 0 amide bonds. The monoisotopic (exact) mass is 239 g/mol. The Morgan fingerprint density at radius 2 is 2.06 bits per heavy atom. The van der Waals surface area contributed by atoms with Gasteiger partial charge in [-0.15, -0.1) is 0 Å². The van der Waals surface area contributed by atoms with E-state index in [9.17, 15) is 5.11 Å². The van der Waals surface area contributed by atoms with Gasteiger partial charge in [-0.3, -0.25) is 0 Å². The summed E-state index contributed by atoms with van der Waals surface area (Å²) in [6, 6.07) is 12.7. The molecule has 2 aromatic rings. The fraction of sp³-hybridized carbons (Fsp3) is 0.375. The number of H-pyrrole nitrogens is 1. The highest BCUT2D eigenvalue weighted by molar-refractivity contribution is 5.40. The fourth-order valence-electron chi connectivity index (χ4n) is 3.79. The molecule has 4 unspecified atom stereocenters. The van der Waals surface area contributed by atoms with E-state index in [1.54, 1.807) is 0 Å². The maximum atomic E-state index is 10.5. The Labute approximate surface area is 107 Å². The van der Waals surface area contributed by atoms with Gasteiger partial charge in [-0.25, -0.2) is 0 Å². The maximum absolute atomic E-state index is 10.5. The number of aliphatic hydroxyl groups excluding tert-OH is 1. The minimum absolute atomic E-state index is 0.332. The highest BCUT2D eigenvalue weighted by Gasteiger charge is 2.56. The molecule has 2 N–H and O–H groups in total. The summed E-state index contributed by atoms with van der Waals surface area (Å²) in [5, 5.41) is 10.5. The molecule has 4 atom stereocenters. The molecule has 92 valence electrons. The van der Waals surface area contributed by atoms with Crippen molar-refractivity contribution < 1.29 is 5.11 Å². The summed E-state index contributed by atoms with van der Waals surface area (Å²) in [6.45, 7) is 0. The second kappa shape index (κ2) is 3.72. The number of aromatic nitrogens is 1. The number of rotatable bonds is 2. The van der Waals surface area contributed by atoms with Gasteiger partial charge in [0.25, 0.3) is 0 Å². The van der Waals surface area contributed by atoms with Crippen LogP contribution in [0.15, 0.2) is 42.6 Å². The molecule has 0 radical (unpaired) electrons. The number of benzene rings is 1. The van der Waals surface area contributed by atoms with E-state index in [0.29, 0.717) is 17.8 Å². The predicted octanol–water partition coefficient (Wildman–Crippen LogP) is 3.02. The van der Waals surface area contributed by atoms with Crippen LogP contribution in [0.5, 0.6) is 0 Å². The molecule has 0 aliphatic heterocycles. The summed E-state index contributed by atoms with van der Waals surface area (Å²) in [5.74, 6) is 1.67. The first-order chi connectivity index (χ1) is 8.86. The smallest absolute Gasteiger partial charge is 0.0974 e. The zero-order valence-corrected chi connectivity index (χ0v) is 10.2. The van der Waals surface area contributed by atoms with E-state index in [4.69, 9.17) is 0 Å². The zero-order chi connectivity index (χ0) is 12.1. The van der Waals surface area contributed by atoms with E-state index >= 15 is 0 Å². The summed E-state index contributed by atoms with van der Waals surface area (Å²) >= 11 is 0. The predicted molar refractivity (Wildman–Crippen MR) is 70.2 cm³/mol. The van der Waals surface area contributed by atoms with Crippen LogP contribution in [0.4, 0.5) is 0 Å². The van der Waals surface area contributed by atoms with Crippen molar-refractivity contribution in [2.75, 3.05) is 0 Å². The van der Waals surface area contributed by atoms with Crippen LogP contribution in [0.1, 0.15) is 35.3 Å². The minimum Gasteiger partial charge on any atom is -0.387 e. The van der Waals surface area contributed by atoms with Crippen LogP contribution in [0.2, 0.25) is 0 Å². The van der Waals surface area contributed by atoms with E-state index in [1.165, 1.54) is 24.0 Å². The largest absolute Gasteiger partial charge is 0.387 e. The van der Waals surface area contributed by atoms with Gasteiger partial charge in [0.05, 0.1) is 6.10 Å². The lowest BCUT2D eigenvalue weighted by molar-refractivity contribution is 0.141. The van der Waals surface area contributed by atoms with Gasteiger partial charge in [-0.2, -0.15) is 0 Å². The SMILES string of the molecule is OC(c1ccc[nH]1)C1C2CCc3ccccc3C21. The second-order valence-corrected chi connectivity index (χ2v) is 5.57. The fourth-order valence-corrected chi connectivity index (χ4v) is 3.79. The molecule has 1 aromatic carbocycles. The molecule has 2 aliphatic rings. The molecule has 2 heteroatoms. The molecular formula is C16H17NO. The van der Waals surface area contributed by atoms with Crippen LogP contribution in [-0.2, 0) is 6.42 Å². The Morgan fingerprint density at radius 3 is 2.89 bits per heavy atom. The maximum Gasteiger partial charge on any atom is 0.0974 e. The first-order valence-electron chi connectivity index (χ1n) is 6.75. The summed E-state index contributed by atoms with van der Waals surface area (Å²) in [4.78, 5) is 3.14. The van der Waals surface area contributed by atoms with Gasteiger partial charge in [-0.1, -0.05) is 24.3 Å². The second-order valence-electron chi connectivity index (χ2n) is 5.57. The van der Waals surface area contributed by atoms with Crippen molar-refractivity contribution in [1.82, 2.24) is 4.98 Å². The third-order valence-corrected chi connectivity index (χ3v) is 4.70. The summed E-state index contributed by atoms with van der Waals surface area (Å²) in [6.07, 6.45) is 3.95. The molecule has 1 fully saturated rings. The molecule has 1 heterocycles. The van der Waals surface area contributed by atoms with E-state index in [-0.39, 0.29) is 6.10 Å². The van der Waals surface area contributed by atoms with Crippen LogP contribution in [0.3, 0.4) is 0 Å². The van der Waals surface area contributed by atoms with Crippen molar-refractivity contribution in [1.29, 1.82) is 0 Å². The summed E-state index contributed by atoms with van der Waals surface area (Å²) in [5.41, 5.74) is 3.93. The van der Waals surface area contributed by atoms with E-state index in [2.05, 4.69) is 29.2 Å². The van der Waals surface area contributed by atoms with Crippen LogP contribution < -0.4 is 0 Å². The lowest BCUT2D eigenvalue weighted by Crippen LogP contribution is -2.02. The van der Waals surface area contributed by atoms with E-state index in [0.717, 1.165) is 5.69 Å². The standard InChI is InChI=1S/C16H17NO/c18-16(13-6-3-9-17-13)15-12-8-7-10-4-1-2-5-11(10)14(12)15/h1-6,9,12,14-18H,7-8H2. The van der Waals surface area contributed by atoms with Crippen molar-refractivity contribution in [2.24, 2.45) is 11.8 Å². The van der Waals surface area contributed by atoms with Crippen LogP contribution >= 0.6 is 0 Å². The van der Waals surface area contributed by atoms with Gasteiger partial charge < -0.3 is 10.1 Å². The van der Waals surface area contributed by atoms with Gasteiger partial charge in [0.1, 0.15) is 0 Å². The molecule has 0 saturated heterocycles. The molecular weight excluding hydrogens is 222 g/mol. The molecule has 4 rings (SSSR count). The van der Waals surface area contributed by atoms with Crippen LogP contribution in [0.25, 0.3) is 0 Å². The third kappa shape index (κ3) is 1.39. The molecule has 18 heavy (non-hydrogen) atoms. The number of nitrogens with one attached hydrogen (secondary N) is 1. The summed E-state index contributed by atoms with van der Waals surface area (Å²) < 4.78 is 0. The molecule has 0 bridgehead atoms. The van der Waals surface area contributed by atoms with E-state index in [1.807, 2.05) is 18.3 Å². The first-order valence-corrected chi connectivity index (χ1v) is 6.75. The van der Waals surface area contributed by atoms with Crippen LogP contribution in [0, 0.1) is 11.8 Å². The highest BCUT2D eigenvalue weighted by atomic mass is 16.3. The normalized spacial score (nSPS) is 30.4. The topological polar surface area (TPSA) is 36.0 Å². The average Bonchev–Trinajstić information content (AvgIpc) is 2.89. The molecule has 0 spiro atoms. The Bertz CT molecular complexity index is 560. The molecule has 2 nitrogen and oxygen atoms in total. The quantitative estimate of drug-likeness (QED) is 0.830. The van der Waals surface area contributed by atoms with Crippen molar-refractivity contribution >= 4 is 0 Å². The van der Waals surface area contributed by atoms with Crippen molar-refractivity contribution in [3.05, 3.63) is 59.4 Å². The van der Waals surface area contributed by atoms with Crippen molar-refractivity contribution in [3.8, 4) is 0 Å². The molecule has 1 saturated carbocycles. The minimum atomic E-state index is -0.332. The van der Waals surface area contributed by atoms with Crippen LogP contribution in [-0.4, -0.2) is 10.1 Å². The number of hydrogen-bond acceptors (Lipinski definition) is 1. The third-order valence-electron chi connectivity index (χ3n) is 4.70. The Morgan fingerprint density at radius 1 is 1.17 bits per heavy atom. The first kappa shape index (κ1) is 10.4. The van der Waals surface area contributed by atoms with Crippen molar-refractivity contribution in [3.63, 3.8) is 0 Å². The van der Waals surface area contributed by atoms with Gasteiger partial charge in [0.15, 0.2) is 0 Å². The Hall–Kier alpha value is -1.54. The van der Waals surface area contributed by atoms with Gasteiger partial charge in [0.2, 0.25) is 0 Å². The number of hydrogen-bond donors (Lipinski definition) is 2. The molecule has 1 aromatic heterocycles. The number of aliphatic hydroxyl groups is 1. The lowest BCUT2D eigenvalue weighted by Gasteiger charge is -2.13. The summed E-state index contributed by atoms with van der Waals surface area (Å²) in [7, 11) is 0. The average molecular weight is 239 g/mol. The van der Waals surface area contributed by atoms with Gasteiger partial charge >= 0.3 is 0 Å². The number of aryl methyl sites for hydroxylation is 1. The number of fused-ring (bicyclic) bond motifs is 3. The zero-order valence-electron chi connectivity index (χ0n) is 10.2. The lowest BCUT2D eigenvalue weighted by atomic mass is 9.92. The Balaban J connectivity index is 1.65. The van der Waals surface area contributed by atoms with Gasteiger partial charge in [-0.05, 0) is 47.9 Å². The van der Waals surface area contributed by atoms with E-state index < -0.39 is 0 Å². The number of aromatic amines is 1. The van der Waals surface area contributed by atoms with Crippen molar-refractivity contribution in [2.45, 2.75) is 24.9 Å². The highest BCUT2D eigenvalue weighted by Crippen LogP contribution is 2.63.